The first-order valence-corrected chi connectivity index (χ1v) is 13.2. The number of carbonyl (C=O) groups is 1. The summed E-state index contributed by atoms with van der Waals surface area (Å²) in [6.45, 7) is 1.54. The lowest BCUT2D eigenvalue weighted by Crippen LogP contribution is -2.43. The largest absolute Gasteiger partial charge is 0.416 e. The zero-order valence-electron chi connectivity index (χ0n) is 22.1. The van der Waals surface area contributed by atoms with Crippen molar-refractivity contribution in [1.82, 2.24) is 14.9 Å². The predicted octanol–water partition coefficient (Wildman–Crippen LogP) is 6.38. The van der Waals surface area contributed by atoms with Crippen molar-refractivity contribution in [2.75, 3.05) is 6.54 Å². The van der Waals surface area contributed by atoms with Crippen molar-refractivity contribution in [3.8, 4) is 0 Å². The van der Waals surface area contributed by atoms with E-state index < -0.39 is 65.5 Å². The molecule has 1 N–H and O–H groups in total. The van der Waals surface area contributed by atoms with Crippen LogP contribution in [-0.2, 0) is 17.1 Å². The third-order valence-electron chi connectivity index (χ3n) is 8.03. The van der Waals surface area contributed by atoms with E-state index in [0.717, 1.165) is 0 Å². The second-order valence-electron chi connectivity index (χ2n) is 10.6. The fourth-order valence-electron chi connectivity index (χ4n) is 6.09. The number of alkyl halides is 6. The smallest absolute Gasteiger partial charge is 0.373 e. The Morgan fingerprint density at radius 3 is 2.21 bits per heavy atom. The number of amides is 1. The minimum atomic E-state index is -5.02. The first-order chi connectivity index (χ1) is 19.7. The van der Waals surface area contributed by atoms with E-state index in [4.69, 9.17) is 4.74 Å². The van der Waals surface area contributed by atoms with E-state index in [2.05, 4.69) is 9.97 Å². The van der Waals surface area contributed by atoms with E-state index in [1.54, 1.807) is 0 Å². The van der Waals surface area contributed by atoms with Crippen molar-refractivity contribution >= 4 is 5.91 Å². The molecule has 13 heteroatoms. The van der Waals surface area contributed by atoms with Gasteiger partial charge in [-0.05, 0) is 67.1 Å². The van der Waals surface area contributed by atoms with Crippen LogP contribution in [0.2, 0.25) is 0 Å². The Morgan fingerprint density at radius 2 is 1.64 bits per heavy atom. The maximum atomic E-state index is 13.8. The van der Waals surface area contributed by atoms with Crippen molar-refractivity contribution in [3.05, 3.63) is 94.8 Å². The van der Waals surface area contributed by atoms with Crippen molar-refractivity contribution in [2.45, 2.75) is 56.5 Å². The molecule has 42 heavy (non-hydrogen) atoms. The molecule has 1 aliphatic carbocycles. The summed E-state index contributed by atoms with van der Waals surface area (Å²) >= 11 is 0. The van der Waals surface area contributed by atoms with E-state index in [1.165, 1.54) is 54.7 Å². The molecule has 0 bridgehead atoms. The number of ether oxygens (including phenoxy) is 1. The molecule has 1 aromatic heterocycles. The zero-order valence-corrected chi connectivity index (χ0v) is 22.1. The average molecular weight is 598 g/mol. The summed E-state index contributed by atoms with van der Waals surface area (Å²) in [4.78, 5) is 22.3. The molecule has 2 aromatic carbocycles. The van der Waals surface area contributed by atoms with Gasteiger partial charge < -0.3 is 14.7 Å². The van der Waals surface area contributed by atoms with Crippen molar-refractivity contribution < 1.29 is 45.4 Å². The lowest BCUT2D eigenvalue weighted by atomic mass is 9.68. The van der Waals surface area contributed by atoms with Crippen LogP contribution < -0.4 is 0 Å². The van der Waals surface area contributed by atoms with Crippen LogP contribution >= 0.6 is 0 Å². The molecule has 5 rings (SSSR count). The van der Waals surface area contributed by atoms with Crippen LogP contribution in [-0.4, -0.2) is 44.8 Å². The Kier molecular flexibility index (Phi) is 8.01. The molecular formula is C29H26F7N3O3. The normalized spacial score (nSPS) is 25.3. The van der Waals surface area contributed by atoms with Crippen LogP contribution in [0, 0.1) is 17.7 Å². The maximum Gasteiger partial charge on any atom is 0.416 e. The van der Waals surface area contributed by atoms with E-state index in [0.29, 0.717) is 30.5 Å². The van der Waals surface area contributed by atoms with Crippen LogP contribution in [0.4, 0.5) is 30.7 Å². The number of fused-ring (bicyclic) bond motifs is 1. The Labute approximate surface area is 236 Å². The van der Waals surface area contributed by atoms with Gasteiger partial charge in [0.25, 0.3) is 5.91 Å². The number of aliphatic hydroxyl groups excluding tert-OH is 1. The summed E-state index contributed by atoms with van der Waals surface area (Å²) in [6, 6.07) is 6.73. The van der Waals surface area contributed by atoms with Gasteiger partial charge in [-0.1, -0.05) is 12.1 Å². The summed E-state index contributed by atoms with van der Waals surface area (Å²) in [6.07, 6.45) is -8.53. The highest BCUT2D eigenvalue weighted by Gasteiger charge is 2.52. The van der Waals surface area contributed by atoms with Gasteiger partial charge in [0.05, 0.1) is 29.5 Å². The second-order valence-corrected chi connectivity index (χ2v) is 10.6. The van der Waals surface area contributed by atoms with Gasteiger partial charge in [0.1, 0.15) is 17.7 Å². The first-order valence-electron chi connectivity index (χ1n) is 13.2. The van der Waals surface area contributed by atoms with Gasteiger partial charge in [-0.15, -0.1) is 0 Å². The molecule has 0 radical (unpaired) electrons. The monoisotopic (exact) mass is 597 g/mol. The van der Waals surface area contributed by atoms with Crippen LogP contribution in [0.3, 0.4) is 0 Å². The van der Waals surface area contributed by atoms with Crippen LogP contribution in [0.1, 0.15) is 64.5 Å². The number of benzene rings is 2. The molecule has 224 valence electrons. The lowest BCUT2D eigenvalue weighted by Gasteiger charge is -2.42. The summed E-state index contributed by atoms with van der Waals surface area (Å²) in [7, 11) is 0. The highest BCUT2D eigenvalue weighted by atomic mass is 19.4. The van der Waals surface area contributed by atoms with E-state index in [-0.39, 0.29) is 29.8 Å². The topological polar surface area (TPSA) is 75.5 Å². The number of hydrogen-bond donors (Lipinski definition) is 1. The molecular weight excluding hydrogens is 571 g/mol. The van der Waals surface area contributed by atoms with Gasteiger partial charge in [-0.2, -0.15) is 26.3 Å². The van der Waals surface area contributed by atoms with Crippen molar-refractivity contribution in [1.29, 1.82) is 0 Å². The SMILES string of the molecule is C[C@@H](O[C@H]1CC[C@@H]2CN(C(=O)c3cnccn3)C(O)[C@H]2[C@@H]1c1ccc(F)cc1)c1cc(C(F)(F)F)cc(C(F)(F)F)c1. The minimum Gasteiger partial charge on any atom is -0.373 e. The number of aliphatic hydroxyl groups is 1. The van der Waals surface area contributed by atoms with Gasteiger partial charge in [0.15, 0.2) is 0 Å². The highest BCUT2D eigenvalue weighted by molar-refractivity contribution is 5.92. The van der Waals surface area contributed by atoms with Gasteiger partial charge in [-0.25, -0.2) is 9.37 Å². The fraction of sp³-hybridized carbons (Fsp3) is 0.414. The molecule has 3 aromatic rings. The Morgan fingerprint density at radius 1 is 1.00 bits per heavy atom. The molecule has 1 aliphatic heterocycles. The molecule has 1 amide bonds. The molecule has 1 saturated heterocycles. The van der Waals surface area contributed by atoms with Crippen LogP contribution in [0.25, 0.3) is 0 Å². The van der Waals surface area contributed by atoms with Gasteiger partial charge in [-0.3, -0.25) is 9.78 Å². The molecule has 2 fully saturated rings. The fourth-order valence-corrected chi connectivity index (χ4v) is 6.09. The number of halogens is 7. The Balaban J connectivity index is 1.48. The lowest BCUT2D eigenvalue weighted by molar-refractivity contribution is -0.143. The van der Waals surface area contributed by atoms with Crippen LogP contribution in [0.5, 0.6) is 0 Å². The standard InChI is InChI=1S/C29H26F7N3O3/c1-15(18-10-19(28(31,32)33)12-20(11-18)29(34,35)36)42-23-7-4-17-14-39(26(40)22-13-37-8-9-38-22)27(41)25(17)24(23)16-2-5-21(30)6-3-16/h2-3,5-6,8-13,15,17,23-25,27,41H,4,7,14H2,1H3/t15-,17-,23+,24-,25-,27?/m1/s1. The van der Waals surface area contributed by atoms with Gasteiger partial charge in [0, 0.05) is 30.8 Å². The number of rotatable bonds is 5. The Hall–Kier alpha value is -3.58. The van der Waals surface area contributed by atoms with Crippen molar-refractivity contribution in [3.63, 3.8) is 0 Å². The van der Waals surface area contributed by atoms with E-state index in [1.807, 2.05) is 0 Å². The third-order valence-corrected chi connectivity index (χ3v) is 8.03. The molecule has 1 saturated carbocycles. The van der Waals surface area contributed by atoms with Crippen LogP contribution in [0.15, 0.2) is 61.1 Å². The van der Waals surface area contributed by atoms with Gasteiger partial charge in [0.2, 0.25) is 0 Å². The summed E-state index contributed by atoms with van der Waals surface area (Å²) < 4.78 is 101. The summed E-state index contributed by atoms with van der Waals surface area (Å²) in [5.74, 6) is -2.55. The molecule has 2 aliphatic rings. The Bertz CT molecular complexity index is 1380. The molecule has 6 atom stereocenters. The third kappa shape index (κ3) is 5.98. The minimum absolute atomic E-state index is 0.0277. The first kappa shape index (κ1) is 29.9. The number of carbonyl (C=O) groups excluding carboxylic acids is 1. The van der Waals surface area contributed by atoms with E-state index >= 15 is 0 Å². The average Bonchev–Trinajstić information content (AvgIpc) is 3.28. The summed E-state index contributed by atoms with van der Waals surface area (Å²) in [5.41, 5.74) is -2.64. The van der Waals surface area contributed by atoms with Crippen molar-refractivity contribution in [2.24, 2.45) is 11.8 Å². The molecule has 2 heterocycles. The molecule has 1 unspecified atom stereocenters. The second kappa shape index (κ2) is 11.3. The number of hydrogen-bond acceptors (Lipinski definition) is 5. The molecule has 0 spiro atoms. The zero-order chi connectivity index (χ0) is 30.4. The highest BCUT2D eigenvalue weighted by Crippen LogP contribution is 2.50. The van der Waals surface area contributed by atoms with Gasteiger partial charge >= 0.3 is 12.4 Å². The number of nitrogens with zero attached hydrogens (tertiary/aromatic N) is 3. The molecule has 6 nitrogen and oxygen atoms in total. The number of aromatic nitrogens is 2. The number of likely N-dealkylation sites (tertiary alicyclic amines) is 1. The maximum absolute atomic E-state index is 13.8. The predicted molar refractivity (Wildman–Crippen MR) is 134 cm³/mol. The summed E-state index contributed by atoms with van der Waals surface area (Å²) in [5, 5.41) is 11.4. The van der Waals surface area contributed by atoms with E-state index in [9.17, 15) is 40.6 Å². The quantitative estimate of drug-likeness (QED) is 0.346.